The maximum absolute atomic E-state index is 12.1. The highest BCUT2D eigenvalue weighted by Gasteiger charge is 2.31. The average molecular weight is 268 g/mol. The zero-order valence-corrected chi connectivity index (χ0v) is 12.7. The second-order valence-corrected chi connectivity index (χ2v) is 6.44. The molecule has 1 rings (SSSR count). The van der Waals surface area contributed by atoms with Crippen LogP contribution < -0.4 is 5.32 Å². The molecule has 1 N–H and O–H groups in total. The Kier molecular flexibility index (Phi) is 6.11. The van der Waals surface area contributed by atoms with E-state index in [9.17, 15) is 4.79 Å². The van der Waals surface area contributed by atoms with Crippen LogP contribution in [0.25, 0.3) is 0 Å². The van der Waals surface area contributed by atoms with Gasteiger partial charge >= 0.3 is 6.09 Å². The van der Waals surface area contributed by atoms with E-state index in [1.165, 1.54) is 0 Å². The standard InChI is InChI=1S/C15H28N2O2/c1-12(2)8-9-16-11-13-7-6-10-17(13)14(18)19-15(3,4)5/h1,12-13,16H,6-11H2,2-5H3. The van der Waals surface area contributed by atoms with E-state index in [2.05, 4.69) is 5.32 Å². The fourth-order valence-electron chi connectivity index (χ4n) is 2.21. The molecule has 110 valence electrons. The van der Waals surface area contributed by atoms with Crippen molar-refractivity contribution in [2.24, 2.45) is 5.92 Å². The van der Waals surface area contributed by atoms with Gasteiger partial charge in [0.2, 0.25) is 0 Å². The topological polar surface area (TPSA) is 41.6 Å². The highest BCUT2D eigenvalue weighted by atomic mass is 16.6. The first-order chi connectivity index (χ1) is 8.79. The van der Waals surface area contributed by atoms with Crippen LogP contribution in [0.5, 0.6) is 0 Å². The van der Waals surface area contributed by atoms with Gasteiger partial charge in [0, 0.05) is 19.1 Å². The average Bonchev–Trinajstić information content (AvgIpc) is 2.69. The van der Waals surface area contributed by atoms with E-state index in [1.54, 1.807) is 0 Å². The van der Waals surface area contributed by atoms with Gasteiger partial charge in [-0.25, -0.2) is 4.79 Å². The van der Waals surface area contributed by atoms with Crippen molar-refractivity contribution in [3.8, 4) is 0 Å². The number of nitrogens with one attached hydrogen (secondary N) is 1. The summed E-state index contributed by atoms with van der Waals surface area (Å²) in [5, 5.41) is 3.38. The van der Waals surface area contributed by atoms with E-state index in [0.29, 0.717) is 0 Å². The normalized spacial score (nSPS) is 20.1. The molecule has 0 aromatic carbocycles. The lowest BCUT2D eigenvalue weighted by atomic mass is 10.1. The molecular weight excluding hydrogens is 240 g/mol. The smallest absolute Gasteiger partial charge is 0.410 e. The number of amides is 1. The number of likely N-dealkylation sites (tertiary alicyclic amines) is 1. The Hall–Kier alpha value is -0.770. The Labute approximate surface area is 117 Å². The number of nitrogens with zero attached hydrogens (tertiary/aromatic N) is 1. The van der Waals surface area contributed by atoms with Gasteiger partial charge in [-0.1, -0.05) is 6.92 Å². The van der Waals surface area contributed by atoms with Gasteiger partial charge in [0.05, 0.1) is 0 Å². The van der Waals surface area contributed by atoms with E-state index >= 15 is 0 Å². The van der Waals surface area contributed by atoms with E-state index in [-0.39, 0.29) is 18.1 Å². The van der Waals surface area contributed by atoms with Gasteiger partial charge in [0.1, 0.15) is 5.60 Å². The summed E-state index contributed by atoms with van der Waals surface area (Å²) in [5.74, 6) is 0.220. The lowest BCUT2D eigenvalue weighted by molar-refractivity contribution is 0.0226. The van der Waals surface area contributed by atoms with Gasteiger partial charge in [-0.3, -0.25) is 0 Å². The van der Waals surface area contributed by atoms with Crippen molar-refractivity contribution in [2.75, 3.05) is 19.6 Å². The van der Waals surface area contributed by atoms with Gasteiger partial charge in [-0.05, 0) is 59.4 Å². The van der Waals surface area contributed by atoms with Crippen LogP contribution in [0.15, 0.2) is 0 Å². The van der Waals surface area contributed by atoms with Crippen LogP contribution in [0.1, 0.15) is 47.0 Å². The summed E-state index contributed by atoms with van der Waals surface area (Å²) >= 11 is 0. The van der Waals surface area contributed by atoms with Crippen LogP contribution in [0, 0.1) is 12.8 Å². The molecule has 19 heavy (non-hydrogen) atoms. The number of carbonyl (C=O) groups excluding carboxylic acids is 1. The van der Waals surface area contributed by atoms with Gasteiger partial charge < -0.3 is 15.0 Å². The summed E-state index contributed by atoms with van der Waals surface area (Å²) in [6.07, 6.45) is 2.87. The third-order valence-electron chi connectivity index (χ3n) is 3.16. The molecule has 4 nitrogen and oxygen atoms in total. The van der Waals surface area contributed by atoms with Crippen molar-refractivity contribution >= 4 is 6.09 Å². The van der Waals surface area contributed by atoms with E-state index in [4.69, 9.17) is 11.7 Å². The number of hydrogen-bond acceptors (Lipinski definition) is 3. The zero-order valence-electron chi connectivity index (χ0n) is 12.7. The zero-order chi connectivity index (χ0) is 14.5. The van der Waals surface area contributed by atoms with E-state index in [1.807, 2.05) is 32.6 Å². The number of ether oxygens (including phenoxy) is 1. The van der Waals surface area contributed by atoms with Crippen LogP contribution >= 0.6 is 0 Å². The fraction of sp³-hybridized carbons (Fsp3) is 0.867. The minimum Gasteiger partial charge on any atom is -0.444 e. The molecular formula is C15H28N2O2. The third-order valence-corrected chi connectivity index (χ3v) is 3.16. The summed E-state index contributed by atoms with van der Waals surface area (Å²) in [7, 11) is 0. The molecule has 1 saturated heterocycles. The van der Waals surface area contributed by atoms with Gasteiger partial charge in [0.15, 0.2) is 0 Å². The van der Waals surface area contributed by atoms with Crippen LogP contribution in [-0.4, -0.2) is 42.3 Å². The fourth-order valence-corrected chi connectivity index (χ4v) is 2.21. The van der Waals surface area contributed by atoms with Crippen LogP contribution in [0.2, 0.25) is 0 Å². The quantitative estimate of drug-likeness (QED) is 0.780. The molecule has 0 bridgehead atoms. The molecule has 1 heterocycles. The SMILES string of the molecule is [CH]C(C)CCNCC1CCCN1C(=O)OC(C)(C)C. The Morgan fingerprint density at radius 1 is 1.53 bits per heavy atom. The largest absolute Gasteiger partial charge is 0.444 e. The lowest BCUT2D eigenvalue weighted by Crippen LogP contribution is -2.44. The maximum Gasteiger partial charge on any atom is 0.410 e. The minimum absolute atomic E-state index is 0.191. The molecule has 2 unspecified atom stereocenters. The first-order valence-corrected chi connectivity index (χ1v) is 7.25. The van der Waals surface area contributed by atoms with Crippen molar-refractivity contribution < 1.29 is 9.53 Å². The number of hydrogen-bond donors (Lipinski definition) is 1. The van der Waals surface area contributed by atoms with Crippen molar-refractivity contribution in [1.29, 1.82) is 0 Å². The van der Waals surface area contributed by atoms with Crippen molar-refractivity contribution in [1.82, 2.24) is 10.2 Å². The minimum atomic E-state index is -0.424. The second-order valence-electron chi connectivity index (χ2n) is 6.44. The van der Waals surface area contributed by atoms with Crippen molar-refractivity contribution in [3.63, 3.8) is 0 Å². The predicted molar refractivity (Wildman–Crippen MR) is 76.9 cm³/mol. The molecule has 0 aromatic rings. The molecule has 0 saturated carbocycles. The molecule has 1 aliphatic heterocycles. The maximum atomic E-state index is 12.1. The lowest BCUT2D eigenvalue weighted by Gasteiger charge is -2.28. The molecule has 0 spiro atoms. The highest BCUT2D eigenvalue weighted by Crippen LogP contribution is 2.20. The Morgan fingerprint density at radius 2 is 2.21 bits per heavy atom. The van der Waals surface area contributed by atoms with Crippen LogP contribution in [0.4, 0.5) is 4.79 Å². The first kappa shape index (κ1) is 16.3. The first-order valence-electron chi connectivity index (χ1n) is 7.25. The summed E-state index contributed by atoms with van der Waals surface area (Å²) < 4.78 is 5.44. The van der Waals surface area contributed by atoms with Gasteiger partial charge in [-0.2, -0.15) is 0 Å². The molecule has 1 aliphatic rings. The predicted octanol–water partition coefficient (Wildman–Crippen LogP) is 2.71. The molecule has 1 fully saturated rings. The second kappa shape index (κ2) is 7.13. The summed E-state index contributed by atoms with van der Waals surface area (Å²) in [5.41, 5.74) is -0.424. The third kappa shape index (κ3) is 6.28. The molecule has 2 atom stereocenters. The molecule has 0 aromatic heterocycles. The van der Waals surface area contributed by atoms with Crippen molar-refractivity contribution in [2.45, 2.75) is 58.6 Å². The van der Waals surface area contributed by atoms with E-state index < -0.39 is 5.60 Å². The monoisotopic (exact) mass is 268 g/mol. The Bertz CT molecular complexity index is 284. The summed E-state index contributed by atoms with van der Waals surface area (Å²) in [6.45, 7) is 15.9. The number of rotatable bonds is 5. The van der Waals surface area contributed by atoms with Gasteiger partial charge in [0.25, 0.3) is 0 Å². The molecule has 0 aliphatic carbocycles. The number of carbonyl (C=O) groups is 1. The van der Waals surface area contributed by atoms with Crippen molar-refractivity contribution in [3.05, 3.63) is 6.92 Å². The van der Waals surface area contributed by atoms with Crippen LogP contribution in [-0.2, 0) is 4.74 Å². The van der Waals surface area contributed by atoms with Gasteiger partial charge in [-0.15, -0.1) is 0 Å². The Morgan fingerprint density at radius 3 is 2.79 bits per heavy atom. The summed E-state index contributed by atoms with van der Waals surface area (Å²) in [4.78, 5) is 13.9. The molecule has 1 amide bonds. The highest BCUT2D eigenvalue weighted by molar-refractivity contribution is 5.69. The molecule has 2 radical (unpaired) electrons. The molecule has 4 heteroatoms. The van der Waals surface area contributed by atoms with E-state index in [0.717, 1.165) is 38.9 Å². The van der Waals surface area contributed by atoms with Crippen LogP contribution in [0.3, 0.4) is 0 Å². The summed E-state index contributed by atoms with van der Waals surface area (Å²) in [6, 6.07) is 0.253. The Balaban J connectivity index is 2.35.